The number of carbonyl (C=O) groups excluding carboxylic acids is 2. The van der Waals surface area contributed by atoms with Crippen molar-refractivity contribution < 1.29 is 35.5 Å². The summed E-state index contributed by atoms with van der Waals surface area (Å²) in [6, 6.07) is 8.83. The number of rotatable bonds is 7. The number of nitrogens with zero attached hydrogens (tertiary/aromatic N) is 2. The molecule has 0 unspecified atom stereocenters. The van der Waals surface area contributed by atoms with E-state index in [1.807, 2.05) is 0 Å². The standard InChI is InChI=1S/C20H16BrN5O8S2.2Na/c1-10(21)19(27)23-12-4-5-16(17(8-12)24-20(22)28)26-25-13-3-2-11-6-14(35(29,30)31)9-18(15(11)7-13)36(32,33)34;;/h2-9H,1H2,(H,23,27)(H3,22,24,28)(H,29,30,31)(H,32,33,34);;. The third-order valence-corrected chi connectivity index (χ3v) is 6.57. The van der Waals surface area contributed by atoms with Crippen LogP contribution < -0.4 is 16.4 Å². The maximum atomic E-state index is 11.8. The van der Waals surface area contributed by atoms with Crippen molar-refractivity contribution in [2.45, 2.75) is 9.79 Å². The largest absolute Gasteiger partial charge is 0.351 e. The number of benzene rings is 3. The molecule has 0 heterocycles. The van der Waals surface area contributed by atoms with Crippen molar-refractivity contribution in [2.75, 3.05) is 10.6 Å². The Balaban J connectivity index is 0.00000361. The van der Waals surface area contributed by atoms with Crippen LogP contribution in [0.25, 0.3) is 10.8 Å². The third-order valence-electron chi connectivity index (χ3n) is 4.48. The number of hydrogen-bond acceptors (Lipinski definition) is 8. The molecule has 3 rings (SSSR count). The Morgan fingerprint density at radius 2 is 1.55 bits per heavy atom. The number of carbonyl (C=O) groups is 2. The van der Waals surface area contributed by atoms with Crippen molar-refractivity contribution in [3.05, 3.63) is 59.6 Å². The summed E-state index contributed by atoms with van der Waals surface area (Å²) in [5, 5.41) is 12.8. The van der Waals surface area contributed by atoms with E-state index in [1.54, 1.807) is 0 Å². The topological polar surface area (TPSA) is 218 Å². The fourth-order valence-corrected chi connectivity index (χ4v) is 4.40. The summed E-state index contributed by atoms with van der Waals surface area (Å²) < 4.78 is 65.6. The summed E-state index contributed by atoms with van der Waals surface area (Å²) in [4.78, 5) is 21.7. The smallest absolute Gasteiger partial charge is 0.316 e. The number of hydrogen-bond donors (Lipinski definition) is 5. The normalized spacial score (nSPS) is 11.3. The second-order valence-corrected chi connectivity index (χ2v) is 10.8. The van der Waals surface area contributed by atoms with Gasteiger partial charge in [-0.1, -0.05) is 12.6 Å². The van der Waals surface area contributed by atoms with Gasteiger partial charge in [-0.25, -0.2) is 4.79 Å². The van der Waals surface area contributed by atoms with Crippen molar-refractivity contribution in [3.63, 3.8) is 0 Å². The Morgan fingerprint density at radius 1 is 0.895 bits per heavy atom. The van der Waals surface area contributed by atoms with Gasteiger partial charge in [0, 0.05) is 70.2 Å². The first-order valence-corrected chi connectivity index (χ1v) is 13.1. The van der Waals surface area contributed by atoms with E-state index in [1.165, 1.54) is 36.4 Å². The molecule has 0 aromatic heterocycles. The zero-order valence-electron chi connectivity index (χ0n) is 19.8. The van der Waals surface area contributed by atoms with E-state index in [-0.39, 0.29) is 97.1 Å². The molecule has 0 aliphatic heterocycles. The Bertz CT molecular complexity index is 1680. The van der Waals surface area contributed by atoms with Crippen LogP contribution in [0.4, 0.5) is 27.5 Å². The number of azo groups is 1. The minimum atomic E-state index is -4.89. The van der Waals surface area contributed by atoms with Gasteiger partial charge < -0.3 is 16.4 Å². The molecular weight excluding hydrogens is 628 g/mol. The van der Waals surface area contributed by atoms with E-state index in [4.69, 9.17) is 5.73 Å². The Hall–Kier alpha value is -1.70. The van der Waals surface area contributed by atoms with Crippen LogP contribution in [0.1, 0.15) is 0 Å². The molecule has 2 radical (unpaired) electrons. The van der Waals surface area contributed by atoms with Crippen LogP contribution in [0.5, 0.6) is 0 Å². The molecular formula is C20H16BrN5Na2O8S2. The Kier molecular flexibility index (Phi) is 12.3. The number of nitrogens with two attached hydrogens (primary N) is 1. The molecule has 0 atom stereocenters. The second-order valence-electron chi connectivity index (χ2n) is 7.06. The first kappa shape index (κ1) is 34.3. The number of primary amides is 1. The van der Waals surface area contributed by atoms with E-state index in [0.29, 0.717) is 6.07 Å². The summed E-state index contributed by atoms with van der Waals surface area (Å²) in [6.45, 7) is 3.45. The van der Waals surface area contributed by atoms with Gasteiger partial charge in [-0.2, -0.15) is 21.9 Å². The van der Waals surface area contributed by atoms with Crippen LogP contribution in [-0.2, 0) is 25.0 Å². The second kappa shape index (κ2) is 13.6. The molecule has 0 bridgehead atoms. The van der Waals surface area contributed by atoms with E-state index in [0.717, 1.165) is 6.07 Å². The molecule has 3 amide bonds. The predicted molar refractivity (Wildman–Crippen MR) is 146 cm³/mol. The number of fused-ring (bicyclic) bond motifs is 1. The molecule has 38 heavy (non-hydrogen) atoms. The van der Waals surface area contributed by atoms with E-state index < -0.39 is 42.0 Å². The molecule has 6 N–H and O–H groups in total. The molecule has 13 nitrogen and oxygen atoms in total. The van der Waals surface area contributed by atoms with E-state index in [2.05, 4.69) is 43.4 Å². The summed E-state index contributed by atoms with van der Waals surface area (Å²) >= 11 is 2.94. The van der Waals surface area contributed by atoms with Crippen LogP contribution in [0.3, 0.4) is 0 Å². The van der Waals surface area contributed by atoms with Crippen LogP contribution in [0.2, 0.25) is 0 Å². The van der Waals surface area contributed by atoms with Gasteiger partial charge in [0.1, 0.15) is 10.6 Å². The molecule has 0 aliphatic carbocycles. The average Bonchev–Trinajstić information content (AvgIpc) is 2.75. The van der Waals surface area contributed by atoms with Crippen LogP contribution in [0.15, 0.2) is 79.6 Å². The number of nitrogens with one attached hydrogen (secondary N) is 2. The molecule has 190 valence electrons. The molecule has 0 aliphatic rings. The fourth-order valence-electron chi connectivity index (χ4n) is 2.95. The Morgan fingerprint density at radius 3 is 2.11 bits per heavy atom. The van der Waals surface area contributed by atoms with Crippen molar-refractivity contribution in [2.24, 2.45) is 16.0 Å². The maximum absolute atomic E-state index is 11.8. The number of amides is 3. The quantitative estimate of drug-likeness (QED) is 0.111. The first-order chi connectivity index (χ1) is 16.6. The summed E-state index contributed by atoms with van der Waals surface area (Å²) in [5.41, 5.74) is 5.75. The number of urea groups is 1. The van der Waals surface area contributed by atoms with E-state index in [9.17, 15) is 35.5 Å². The average molecular weight is 644 g/mol. The molecule has 18 heteroatoms. The Labute approximate surface area is 269 Å². The third kappa shape index (κ3) is 8.92. The zero-order valence-corrected chi connectivity index (χ0v) is 27.1. The van der Waals surface area contributed by atoms with Crippen LogP contribution in [0, 0.1) is 0 Å². The zero-order chi connectivity index (χ0) is 26.8. The SMILES string of the molecule is C=C(Br)C(=O)Nc1ccc(N=Nc2ccc3cc(S(=O)(=O)O)cc(S(=O)(=O)O)c3c2)c(NC(N)=O)c1.[Na].[Na]. The number of halogens is 1. The maximum Gasteiger partial charge on any atom is 0.316 e. The van der Waals surface area contributed by atoms with Crippen molar-refractivity contribution in [1.29, 1.82) is 0 Å². The summed E-state index contributed by atoms with van der Waals surface area (Å²) in [5.74, 6) is -0.530. The van der Waals surface area contributed by atoms with Gasteiger partial charge >= 0.3 is 6.03 Å². The molecule has 3 aromatic rings. The predicted octanol–water partition coefficient (Wildman–Crippen LogP) is 3.32. The minimum absolute atomic E-state index is 0. The van der Waals surface area contributed by atoms with Gasteiger partial charge in [-0.3, -0.25) is 13.9 Å². The van der Waals surface area contributed by atoms with Crippen LogP contribution in [-0.4, -0.2) is 97.0 Å². The van der Waals surface area contributed by atoms with Gasteiger partial charge in [0.15, 0.2) is 0 Å². The molecule has 3 aromatic carbocycles. The van der Waals surface area contributed by atoms with Crippen LogP contribution >= 0.6 is 15.9 Å². The molecule has 0 fully saturated rings. The van der Waals surface area contributed by atoms with Crippen molar-refractivity contribution in [3.8, 4) is 0 Å². The summed E-state index contributed by atoms with van der Waals surface area (Å²) in [7, 11) is -9.65. The van der Waals surface area contributed by atoms with Gasteiger partial charge in [0.25, 0.3) is 26.1 Å². The molecule has 0 saturated heterocycles. The van der Waals surface area contributed by atoms with Gasteiger partial charge in [-0.05, 0) is 63.8 Å². The van der Waals surface area contributed by atoms with Crippen molar-refractivity contribution in [1.82, 2.24) is 0 Å². The number of anilines is 2. The van der Waals surface area contributed by atoms with Gasteiger partial charge in [0.05, 0.1) is 20.8 Å². The van der Waals surface area contributed by atoms with Crippen molar-refractivity contribution >= 4 is 141 Å². The first-order valence-electron chi connectivity index (χ1n) is 9.46. The van der Waals surface area contributed by atoms with Gasteiger partial charge in [-0.15, -0.1) is 5.11 Å². The van der Waals surface area contributed by atoms with E-state index >= 15 is 0 Å². The summed E-state index contributed by atoms with van der Waals surface area (Å²) in [6.07, 6.45) is 0. The molecule has 0 saturated carbocycles. The minimum Gasteiger partial charge on any atom is -0.351 e. The fraction of sp³-hybridized carbons (Fsp3) is 0. The molecule has 0 spiro atoms. The monoisotopic (exact) mass is 643 g/mol. The van der Waals surface area contributed by atoms with Gasteiger partial charge in [0.2, 0.25) is 0 Å².